The minimum absolute atomic E-state index is 0.0759. The van der Waals surface area contributed by atoms with E-state index in [0.717, 1.165) is 11.6 Å². The lowest BCUT2D eigenvalue weighted by Crippen LogP contribution is -2.30. The number of hydrogen-bond donors (Lipinski definition) is 0. The molecule has 1 amide bonds. The van der Waals surface area contributed by atoms with E-state index >= 15 is 0 Å². The predicted octanol–water partition coefficient (Wildman–Crippen LogP) is 3.78. The zero-order valence-corrected chi connectivity index (χ0v) is 15.3. The molecule has 0 radical (unpaired) electrons. The van der Waals surface area contributed by atoms with Crippen molar-refractivity contribution in [2.24, 2.45) is 0 Å². The summed E-state index contributed by atoms with van der Waals surface area (Å²) in [5.74, 6) is -0.738. The number of aromatic nitrogens is 2. The molecule has 0 saturated carbocycles. The van der Waals surface area contributed by atoms with Gasteiger partial charge in [-0.05, 0) is 55.0 Å². The van der Waals surface area contributed by atoms with Gasteiger partial charge in [0, 0.05) is 12.4 Å². The van der Waals surface area contributed by atoms with Gasteiger partial charge in [-0.2, -0.15) is 0 Å². The number of anilines is 1. The van der Waals surface area contributed by atoms with E-state index in [0.29, 0.717) is 11.5 Å². The monoisotopic (exact) mass is 387 g/mol. The van der Waals surface area contributed by atoms with Gasteiger partial charge in [-0.25, -0.2) is 9.37 Å². The summed E-state index contributed by atoms with van der Waals surface area (Å²) < 4.78 is 19.5. The molecular weight excluding hydrogens is 373 g/mol. The van der Waals surface area contributed by atoms with Crippen LogP contribution >= 0.6 is 0 Å². The second-order valence-corrected chi connectivity index (χ2v) is 6.84. The second-order valence-electron chi connectivity index (χ2n) is 6.84. The first-order valence-electron chi connectivity index (χ1n) is 8.98. The summed E-state index contributed by atoms with van der Waals surface area (Å²) in [4.78, 5) is 36.7. The van der Waals surface area contributed by atoms with Crippen LogP contribution in [0.3, 0.4) is 0 Å². The Morgan fingerprint density at radius 1 is 1.03 bits per heavy atom. The fourth-order valence-electron chi connectivity index (χ4n) is 3.65. The number of carbonyl (C=O) groups excluding carboxylic acids is 1. The van der Waals surface area contributed by atoms with Gasteiger partial charge in [-0.15, -0.1) is 0 Å². The highest BCUT2D eigenvalue weighted by Gasteiger charge is 2.44. The molecule has 3 aromatic heterocycles. The zero-order valence-electron chi connectivity index (χ0n) is 15.3. The minimum Gasteiger partial charge on any atom is -0.450 e. The van der Waals surface area contributed by atoms with E-state index in [-0.39, 0.29) is 22.3 Å². The number of amides is 1. The molecule has 0 bridgehead atoms. The highest BCUT2D eigenvalue weighted by atomic mass is 19.1. The summed E-state index contributed by atoms with van der Waals surface area (Å²) in [6, 6.07) is 11.6. The number of rotatable bonds is 2. The van der Waals surface area contributed by atoms with Crippen LogP contribution in [0.5, 0.6) is 0 Å². The molecule has 1 aliphatic rings. The average Bonchev–Trinajstić information content (AvgIpc) is 3.02. The maximum atomic E-state index is 13.8. The third-order valence-electron chi connectivity index (χ3n) is 4.95. The van der Waals surface area contributed by atoms with E-state index < -0.39 is 23.2 Å². The maximum absolute atomic E-state index is 13.8. The van der Waals surface area contributed by atoms with Gasteiger partial charge in [0.05, 0.1) is 16.6 Å². The van der Waals surface area contributed by atoms with Gasteiger partial charge >= 0.3 is 0 Å². The van der Waals surface area contributed by atoms with E-state index in [4.69, 9.17) is 4.42 Å². The molecule has 0 N–H and O–H groups in total. The van der Waals surface area contributed by atoms with Crippen molar-refractivity contribution in [2.45, 2.75) is 13.0 Å². The third-order valence-corrected chi connectivity index (χ3v) is 4.95. The molecule has 5 rings (SSSR count). The Kier molecular flexibility index (Phi) is 3.77. The highest BCUT2D eigenvalue weighted by Crippen LogP contribution is 2.39. The van der Waals surface area contributed by atoms with Gasteiger partial charge in [0.1, 0.15) is 23.3 Å². The van der Waals surface area contributed by atoms with Crippen LogP contribution in [0.2, 0.25) is 0 Å². The molecule has 0 saturated heterocycles. The zero-order chi connectivity index (χ0) is 20.1. The molecule has 6 nitrogen and oxygen atoms in total. The molecule has 1 aliphatic heterocycles. The summed E-state index contributed by atoms with van der Waals surface area (Å²) in [7, 11) is 0. The maximum Gasteiger partial charge on any atom is 0.296 e. The smallest absolute Gasteiger partial charge is 0.296 e. The summed E-state index contributed by atoms with van der Waals surface area (Å²) >= 11 is 0. The quantitative estimate of drug-likeness (QED) is 0.523. The molecular formula is C22H14FN3O3. The van der Waals surface area contributed by atoms with Crippen LogP contribution in [-0.4, -0.2) is 15.9 Å². The molecule has 4 aromatic rings. The van der Waals surface area contributed by atoms with Crippen LogP contribution in [-0.2, 0) is 0 Å². The predicted molar refractivity (Wildman–Crippen MR) is 104 cm³/mol. The van der Waals surface area contributed by atoms with Crippen molar-refractivity contribution >= 4 is 22.7 Å². The second kappa shape index (κ2) is 6.34. The van der Waals surface area contributed by atoms with Crippen molar-refractivity contribution in [2.75, 3.05) is 4.90 Å². The number of carbonyl (C=O) groups is 1. The summed E-state index contributed by atoms with van der Waals surface area (Å²) in [5.41, 5.74) is 1.23. The minimum atomic E-state index is -0.822. The van der Waals surface area contributed by atoms with E-state index in [9.17, 15) is 14.0 Å². The highest BCUT2D eigenvalue weighted by molar-refractivity contribution is 6.10. The van der Waals surface area contributed by atoms with Gasteiger partial charge in [0.25, 0.3) is 5.91 Å². The van der Waals surface area contributed by atoms with E-state index in [2.05, 4.69) is 9.97 Å². The van der Waals surface area contributed by atoms with Crippen LogP contribution in [0.15, 0.2) is 70.1 Å². The molecule has 7 heteroatoms. The number of halogens is 1. The normalized spacial score (nSPS) is 15.7. The number of aryl methyl sites for hydroxylation is 1. The van der Waals surface area contributed by atoms with Gasteiger partial charge < -0.3 is 4.42 Å². The van der Waals surface area contributed by atoms with Crippen LogP contribution < -0.4 is 10.3 Å². The van der Waals surface area contributed by atoms with E-state index in [1.807, 2.05) is 13.0 Å². The molecule has 1 unspecified atom stereocenters. The molecule has 1 atom stereocenters. The first-order valence-corrected chi connectivity index (χ1v) is 8.98. The number of pyridine rings is 2. The van der Waals surface area contributed by atoms with Crippen LogP contribution in [0, 0.1) is 12.7 Å². The van der Waals surface area contributed by atoms with Crippen molar-refractivity contribution < 1.29 is 13.6 Å². The Morgan fingerprint density at radius 2 is 1.90 bits per heavy atom. The number of benzene rings is 1. The Labute approximate surface area is 164 Å². The molecule has 29 heavy (non-hydrogen) atoms. The van der Waals surface area contributed by atoms with Gasteiger partial charge in [0.2, 0.25) is 5.76 Å². The number of nitrogens with zero attached hydrogens (tertiary/aromatic N) is 3. The summed E-state index contributed by atoms with van der Waals surface area (Å²) in [6.45, 7) is 1.88. The van der Waals surface area contributed by atoms with Crippen molar-refractivity contribution in [3.8, 4) is 0 Å². The number of fused-ring (bicyclic) bond motifs is 2. The lowest BCUT2D eigenvalue weighted by molar-refractivity contribution is 0.0970. The largest absolute Gasteiger partial charge is 0.450 e. The molecule has 0 fully saturated rings. The Balaban J connectivity index is 1.84. The van der Waals surface area contributed by atoms with Crippen molar-refractivity contribution in [3.05, 3.63) is 99.5 Å². The van der Waals surface area contributed by atoms with Crippen molar-refractivity contribution in [1.29, 1.82) is 0 Å². The topological polar surface area (TPSA) is 76.3 Å². The van der Waals surface area contributed by atoms with E-state index in [1.165, 1.54) is 17.0 Å². The van der Waals surface area contributed by atoms with Gasteiger partial charge in [-0.1, -0.05) is 6.07 Å². The summed E-state index contributed by atoms with van der Waals surface area (Å²) in [5, 5.41) is 0.0801. The van der Waals surface area contributed by atoms with Gasteiger partial charge in [0.15, 0.2) is 5.43 Å². The van der Waals surface area contributed by atoms with Crippen LogP contribution in [0.1, 0.15) is 33.4 Å². The molecule has 1 aromatic carbocycles. The fraction of sp³-hybridized carbons (Fsp3) is 0.0909. The first kappa shape index (κ1) is 17.2. The average molecular weight is 387 g/mol. The number of hydrogen-bond acceptors (Lipinski definition) is 5. The molecule has 4 heterocycles. The fourth-order valence-corrected chi connectivity index (χ4v) is 3.65. The lowest BCUT2D eigenvalue weighted by Gasteiger charge is -2.23. The molecule has 142 valence electrons. The Morgan fingerprint density at radius 3 is 2.66 bits per heavy atom. The Hall–Kier alpha value is -3.87. The van der Waals surface area contributed by atoms with Crippen LogP contribution in [0.25, 0.3) is 11.0 Å². The lowest BCUT2D eigenvalue weighted by atomic mass is 10.0. The standard InChI is InChI=1S/C22H14FN3O3/c1-12-7-9-25-17(10-12)26-19(15-4-2-3-8-24-15)18-20(27)14-11-13(23)5-6-16(14)29-21(18)22(26)28/h2-11,19H,1H3. The SMILES string of the molecule is Cc1ccnc(N2C(=O)c3oc4ccc(F)cc4c(=O)c3C2c2ccccn2)c1. The van der Waals surface area contributed by atoms with E-state index in [1.54, 1.807) is 36.7 Å². The Bertz CT molecular complexity index is 1330. The van der Waals surface area contributed by atoms with Crippen molar-refractivity contribution in [1.82, 2.24) is 9.97 Å². The van der Waals surface area contributed by atoms with Crippen LogP contribution in [0.4, 0.5) is 10.2 Å². The third kappa shape index (κ3) is 2.62. The molecule has 0 aliphatic carbocycles. The van der Waals surface area contributed by atoms with Crippen molar-refractivity contribution in [3.63, 3.8) is 0 Å². The summed E-state index contributed by atoms with van der Waals surface area (Å²) in [6.07, 6.45) is 3.18. The first-order chi connectivity index (χ1) is 14.0. The molecule has 0 spiro atoms. The van der Waals surface area contributed by atoms with Gasteiger partial charge in [-0.3, -0.25) is 19.5 Å².